The Labute approximate surface area is 174 Å². The summed E-state index contributed by atoms with van der Waals surface area (Å²) in [6.07, 6.45) is 6.31. The van der Waals surface area contributed by atoms with Crippen LogP contribution in [0.1, 0.15) is 36.8 Å². The van der Waals surface area contributed by atoms with Crippen molar-refractivity contribution in [1.82, 2.24) is 9.21 Å². The van der Waals surface area contributed by atoms with Crippen LogP contribution in [0, 0.1) is 6.92 Å². The van der Waals surface area contributed by atoms with E-state index in [1.807, 2.05) is 19.1 Å². The molecular weight excluding hydrogens is 380 g/mol. The molecule has 2 aliphatic rings. The Morgan fingerprint density at radius 3 is 2.52 bits per heavy atom. The van der Waals surface area contributed by atoms with E-state index in [0.717, 1.165) is 44.3 Å². The number of sulfonamides is 1. The van der Waals surface area contributed by atoms with Crippen LogP contribution < -0.4 is 0 Å². The van der Waals surface area contributed by atoms with Gasteiger partial charge in [-0.25, -0.2) is 8.42 Å². The zero-order chi connectivity index (χ0) is 20.4. The highest BCUT2D eigenvalue weighted by Gasteiger charge is 2.36. The zero-order valence-corrected chi connectivity index (χ0v) is 18.1. The summed E-state index contributed by atoms with van der Waals surface area (Å²) in [6.45, 7) is 3.93. The second-order valence-corrected chi connectivity index (χ2v) is 10.3. The highest BCUT2D eigenvalue weighted by molar-refractivity contribution is 7.89. The number of rotatable bonds is 5. The monoisotopic (exact) mass is 410 g/mol. The van der Waals surface area contributed by atoms with E-state index in [2.05, 4.69) is 41.3 Å². The van der Waals surface area contributed by atoms with Gasteiger partial charge < -0.3 is 0 Å². The predicted molar refractivity (Wildman–Crippen MR) is 118 cm³/mol. The number of aryl methyl sites for hydroxylation is 1. The van der Waals surface area contributed by atoms with E-state index < -0.39 is 10.0 Å². The van der Waals surface area contributed by atoms with Gasteiger partial charge in [-0.2, -0.15) is 4.31 Å². The molecule has 1 fully saturated rings. The molecule has 2 aromatic rings. The summed E-state index contributed by atoms with van der Waals surface area (Å²) in [5.74, 6) is 0. The maximum Gasteiger partial charge on any atom is 0.243 e. The third-order valence-corrected chi connectivity index (χ3v) is 8.37. The van der Waals surface area contributed by atoms with Crippen molar-refractivity contribution in [2.24, 2.45) is 0 Å². The van der Waals surface area contributed by atoms with E-state index in [0.29, 0.717) is 10.9 Å². The molecule has 1 saturated carbocycles. The minimum absolute atomic E-state index is 0.0741. The fourth-order valence-corrected chi connectivity index (χ4v) is 6.17. The van der Waals surface area contributed by atoms with E-state index in [-0.39, 0.29) is 6.04 Å². The van der Waals surface area contributed by atoms with Gasteiger partial charge in [0.15, 0.2) is 0 Å². The largest absolute Gasteiger partial charge is 0.296 e. The SMILES string of the molecule is Cc1cccc(S(=O)(=O)N(C)[C@@H]2CC[C@H](N3CC=C(c4ccccc4)CC3)C2)c1. The summed E-state index contributed by atoms with van der Waals surface area (Å²) in [4.78, 5) is 2.93. The van der Waals surface area contributed by atoms with Crippen LogP contribution in [0.5, 0.6) is 0 Å². The third-order valence-electron chi connectivity index (χ3n) is 6.46. The first-order valence-electron chi connectivity index (χ1n) is 10.5. The minimum atomic E-state index is -3.44. The molecule has 0 radical (unpaired) electrons. The van der Waals surface area contributed by atoms with Gasteiger partial charge >= 0.3 is 0 Å². The number of hydrogen-bond donors (Lipinski definition) is 0. The fourth-order valence-electron chi connectivity index (χ4n) is 4.67. The first-order chi connectivity index (χ1) is 13.9. The van der Waals surface area contributed by atoms with Gasteiger partial charge in [0.1, 0.15) is 0 Å². The van der Waals surface area contributed by atoms with Crippen molar-refractivity contribution in [3.05, 3.63) is 71.8 Å². The average Bonchev–Trinajstić information content (AvgIpc) is 3.24. The highest BCUT2D eigenvalue weighted by atomic mass is 32.2. The van der Waals surface area contributed by atoms with Gasteiger partial charge in [-0.05, 0) is 61.4 Å². The van der Waals surface area contributed by atoms with Crippen LogP contribution in [0.2, 0.25) is 0 Å². The van der Waals surface area contributed by atoms with Crippen LogP contribution in [-0.4, -0.2) is 49.8 Å². The Morgan fingerprint density at radius 1 is 1.03 bits per heavy atom. The normalized spacial score (nSPS) is 23.3. The second kappa shape index (κ2) is 8.42. The van der Waals surface area contributed by atoms with Gasteiger partial charge in [-0.3, -0.25) is 4.90 Å². The van der Waals surface area contributed by atoms with E-state index in [4.69, 9.17) is 0 Å². The van der Waals surface area contributed by atoms with Crippen molar-refractivity contribution in [2.75, 3.05) is 20.1 Å². The molecule has 0 bridgehead atoms. The molecule has 1 aliphatic carbocycles. The molecule has 0 unspecified atom stereocenters. The maximum absolute atomic E-state index is 13.1. The van der Waals surface area contributed by atoms with Crippen LogP contribution >= 0.6 is 0 Å². The lowest BCUT2D eigenvalue weighted by Crippen LogP contribution is -2.40. The summed E-state index contributed by atoms with van der Waals surface area (Å²) >= 11 is 0. The maximum atomic E-state index is 13.1. The topological polar surface area (TPSA) is 40.6 Å². The highest BCUT2D eigenvalue weighted by Crippen LogP contribution is 2.33. The Morgan fingerprint density at radius 2 is 1.83 bits per heavy atom. The second-order valence-electron chi connectivity index (χ2n) is 8.30. The van der Waals surface area contributed by atoms with Crippen molar-refractivity contribution in [1.29, 1.82) is 0 Å². The van der Waals surface area contributed by atoms with E-state index in [9.17, 15) is 8.42 Å². The molecule has 0 saturated heterocycles. The quantitative estimate of drug-likeness (QED) is 0.737. The first kappa shape index (κ1) is 20.3. The molecule has 2 aromatic carbocycles. The number of nitrogens with zero attached hydrogens (tertiary/aromatic N) is 2. The molecule has 0 N–H and O–H groups in total. The minimum Gasteiger partial charge on any atom is -0.296 e. The summed E-state index contributed by atoms with van der Waals surface area (Å²) < 4.78 is 27.7. The Balaban J connectivity index is 1.40. The fraction of sp³-hybridized carbons (Fsp3) is 0.417. The van der Waals surface area contributed by atoms with Gasteiger partial charge in [-0.1, -0.05) is 48.5 Å². The van der Waals surface area contributed by atoms with Crippen LogP contribution in [-0.2, 0) is 10.0 Å². The Kier molecular flexibility index (Phi) is 5.91. The van der Waals surface area contributed by atoms with Crippen LogP contribution in [0.25, 0.3) is 5.57 Å². The lowest BCUT2D eigenvalue weighted by molar-refractivity contribution is 0.211. The standard InChI is InChI=1S/C24H30N2O2S/c1-19-7-6-10-24(17-19)29(27,28)25(2)22-11-12-23(18-22)26-15-13-21(14-16-26)20-8-4-3-5-9-20/h3-10,13,17,22-23H,11-12,14-16,18H2,1-2H3/t22-,23+/m1/s1. The molecule has 0 aromatic heterocycles. The van der Waals surface area contributed by atoms with Crippen LogP contribution in [0.3, 0.4) is 0 Å². The molecule has 1 heterocycles. The van der Waals surface area contributed by atoms with E-state index >= 15 is 0 Å². The molecule has 154 valence electrons. The van der Waals surface area contributed by atoms with Crippen molar-refractivity contribution in [2.45, 2.75) is 49.6 Å². The van der Waals surface area contributed by atoms with Crippen LogP contribution in [0.4, 0.5) is 0 Å². The van der Waals surface area contributed by atoms with Crippen molar-refractivity contribution in [3.63, 3.8) is 0 Å². The van der Waals surface area contributed by atoms with Gasteiger partial charge in [0.2, 0.25) is 10.0 Å². The average molecular weight is 411 g/mol. The number of benzene rings is 2. The van der Waals surface area contributed by atoms with Crippen molar-refractivity contribution < 1.29 is 8.42 Å². The van der Waals surface area contributed by atoms with Crippen LogP contribution in [0.15, 0.2) is 65.6 Å². The zero-order valence-electron chi connectivity index (χ0n) is 17.3. The Bertz CT molecular complexity index is 985. The first-order valence-corrected chi connectivity index (χ1v) is 11.9. The Hall–Kier alpha value is -1.95. The third kappa shape index (κ3) is 4.32. The molecule has 4 rings (SSSR count). The molecule has 1 aliphatic heterocycles. The molecule has 4 nitrogen and oxygen atoms in total. The molecule has 2 atom stereocenters. The lowest BCUT2D eigenvalue weighted by atomic mass is 9.98. The number of hydrogen-bond acceptors (Lipinski definition) is 3. The molecule has 5 heteroatoms. The molecule has 29 heavy (non-hydrogen) atoms. The molecular formula is C24H30N2O2S. The summed E-state index contributed by atoms with van der Waals surface area (Å²) in [5, 5.41) is 0. The molecule has 0 amide bonds. The van der Waals surface area contributed by atoms with Gasteiger partial charge in [0.25, 0.3) is 0 Å². The smallest absolute Gasteiger partial charge is 0.243 e. The van der Waals surface area contributed by atoms with Gasteiger partial charge in [0.05, 0.1) is 4.90 Å². The van der Waals surface area contributed by atoms with E-state index in [1.54, 1.807) is 23.5 Å². The van der Waals surface area contributed by atoms with Crippen molar-refractivity contribution in [3.8, 4) is 0 Å². The lowest BCUT2D eigenvalue weighted by Gasteiger charge is -2.32. The van der Waals surface area contributed by atoms with E-state index in [1.165, 1.54) is 11.1 Å². The predicted octanol–water partition coefficient (Wildman–Crippen LogP) is 4.33. The summed E-state index contributed by atoms with van der Waals surface area (Å²) in [5.41, 5.74) is 3.72. The van der Waals surface area contributed by atoms with Gasteiger partial charge in [0, 0.05) is 32.2 Å². The van der Waals surface area contributed by atoms with Crippen molar-refractivity contribution >= 4 is 15.6 Å². The summed E-state index contributed by atoms with van der Waals surface area (Å²) in [7, 11) is -1.70. The molecule has 0 spiro atoms. The van der Waals surface area contributed by atoms with Gasteiger partial charge in [-0.15, -0.1) is 0 Å². The summed E-state index contributed by atoms with van der Waals surface area (Å²) in [6, 6.07) is 18.3.